The molecule has 1 aromatic rings. The molecule has 1 N–H and O–H groups in total. The minimum Gasteiger partial charge on any atom is -0.494 e. The third-order valence-electron chi connectivity index (χ3n) is 3.20. The first kappa shape index (κ1) is 11.4. The SMILES string of the molecule is CNC(CC1CC1)c1cccc(OC)c1F. The quantitative estimate of drug-likeness (QED) is 0.828. The van der Waals surface area contributed by atoms with Crippen LogP contribution < -0.4 is 10.1 Å². The topological polar surface area (TPSA) is 21.3 Å². The molecular formula is C13H18FNO. The predicted molar refractivity (Wildman–Crippen MR) is 62.1 cm³/mol. The minimum atomic E-state index is -0.231. The molecule has 1 aromatic carbocycles. The van der Waals surface area contributed by atoms with Gasteiger partial charge in [-0.3, -0.25) is 0 Å². The third kappa shape index (κ3) is 2.35. The van der Waals surface area contributed by atoms with Crippen LogP contribution in [0, 0.1) is 11.7 Å². The van der Waals surface area contributed by atoms with E-state index in [9.17, 15) is 4.39 Å². The van der Waals surface area contributed by atoms with Gasteiger partial charge in [-0.25, -0.2) is 4.39 Å². The summed E-state index contributed by atoms with van der Waals surface area (Å²) in [7, 11) is 3.38. The van der Waals surface area contributed by atoms with E-state index in [-0.39, 0.29) is 11.9 Å². The van der Waals surface area contributed by atoms with Crippen LogP contribution in [0.15, 0.2) is 18.2 Å². The maximum Gasteiger partial charge on any atom is 0.169 e. The molecule has 0 amide bonds. The first-order valence-electron chi connectivity index (χ1n) is 5.76. The Hall–Kier alpha value is -1.09. The van der Waals surface area contributed by atoms with Crippen LogP contribution in [0.4, 0.5) is 4.39 Å². The molecule has 0 bridgehead atoms. The van der Waals surface area contributed by atoms with Crippen molar-refractivity contribution in [2.75, 3.05) is 14.2 Å². The Kier molecular flexibility index (Phi) is 3.44. The smallest absolute Gasteiger partial charge is 0.169 e. The van der Waals surface area contributed by atoms with E-state index in [4.69, 9.17) is 4.74 Å². The van der Waals surface area contributed by atoms with Crippen LogP contribution >= 0.6 is 0 Å². The van der Waals surface area contributed by atoms with Crippen molar-refractivity contribution in [1.29, 1.82) is 0 Å². The van der Waals surface area contributed by atoms with Gasteiger partial charge in [0.2, 0.25) is 0 Å². The van der Waals surface area contributed by atoms with Crippen molar-refractivity contribution in [3.05, 3.63) is 29.6 Å². The van der Waals surface area contributed by atoms with E-state index in [0.717, 1.165) is 12.3 Å². The van der Waals surface area contributed by atoms with E-state index in [0.29, 0.717) is 11.3 Å². The second-order valence-corrected chi connectivity index (χ2v) is 4.38. The third-order valence-corrected chi connectivity index (χ3v) is 3.20. The van der Waals surface area contributed by atoms with Crippen LogP contribution in [0.25, 0.3) is 0 Å². The predicted octanol–water partition coefficient (Wildman–Crippen LogP) is 2.89. The van der Waals surface area contributed by atoms with Gasteiger partial charge in [-0.1, -0.05) is 25.0 Å². The molecule has 16 heavy (non-hydrogen) atoms. The zero-order valence-corrected chi connectivity index (χ0v) is 9.79. The van der Waals surface area contributed by atoms with Gasteiger partial charge in [0, 0.05) is 11.6 Å². The van der Waals surface area contributed by atoms with Crippen LogP contribution in [0.5, 0.6) is 5.75 Å². The van der Waals surface area contributed by atoms with Gasteiger partial charge in [0.15, 0.2) is 11.6 Å². The highest BCUT2D eigenvalue weighted by Gasteiger charge is 2.27. The van der Waals surface area contributed by atoms with Crippen molar-refractivity contribution in [3.63, 3.8) is 0 Å². The first-order chi connectivity index (χ1) is 7.76. The van der Waals surface area contributed by atoms with Crippen LogP contribution in [0.3, 0.4) is 0 Å². The van der Waals surface area contributed by atoms with Gasteiger partial charge in [-0.2, -0.15) is 0 Å². The van der Waals surface area contributed by atoms with Crippen LogP contribution in [0.1, 0.15) is 30.9 Å². The molecule has 1 fully saturated rings. The fourth-order valence-corrected chi connectivity index (χ4v) is 2.04. The Morgan fingerprint density at radius 1 is 1.50 bits per heavy atom. The molecule has 0 aromatic heterocycles. The molecule has 2 nitrogen and oxygen atoms in total. The number of nitrogens with one attached hydrogen (secondary N) is 1. The van der Waals surface area contributed by atoms with E-state index < -0.39 is 0 Å². The highest BCUT2D eigenvalue weighted by atomic mass is 19.1. The maximum atomic E-state index is 14.0. The van der Waals surface area contributed by atoms with Crippen molar-refractivity contribution < 1.29 is 9.13 Å². The summed E-state index contributed by atoms with van der Waals surface area (Å²) >= 11 is 0. The normalized spacial score (nSPS) is 17.2. The molecule has 1 aliphatic rings. The molecule has 0 heterocycles. The summed E-state index contributed by atoms with van der Waals surface area (Å²) in [6.45, 7) is 0. The Bertz CT molecular complexity index is 363. The van der Waals surface area contributed by atoms with E-state index in [1.807, 2.05) is 19.2 Å². The summed E-state index contributed by atoms with van der Waals surface area (Å²) in [6, 6.07) is 5.43. The average Bonchev–Trinajstić information content (AvgIpc) is 3.10. The van der Waals surface area contributed by atoms with Gasteiger partial charge in [0.1, 0.15) is 0 Å². The zero-order chi connectivity index (χ0) is 11.5. The molecule has 0 aliphatic heterocycles. The maximum absolute atomic E-state index is 14.0. The van der Waals surface area contributed by atoms with Gasteiger partial charge in [-0.05, 0) is 25.5 Å². The minimum absolute atomic E-state index is 0.0996. The second kappa shape index (κ2) is 4.83. The Morgan fingerprint density at radius 3 is 2.81 bits per heavy atom. The highest BCUT2D eigenvalue weighted by Crippen LogP contribution is 2.38. The van der Waals surface area contributed by atoms with Gasteiger partial charge >= 0.3 is 0 Å². The average molecular weight is 223 g/mol. The fourth-order valence-electron chi connectivity index (χ4n) is 2.04. The first-order valence-corrected chi connectivity index (χ1v) is 5.76. The lowest BCUT2D eigenvalue weighted by Gasteiger charge is -2.18. The monoisotopic (exact) mass is 223 g/mol. The number of halogens is 1. The molecule has 0 radical (unpaired) electrons. The summed E-state index contributed by atoms with van der Waals surface area (Å²) in [5.41, 5.74) is 0.716. The van der Waals surface area contributed by atoms with Crippen molar-refractivity contribution in [1.82, 2.24) is 5.32 Å². The molecule has 1 aliphatic carbocycles. The fraction of sp³-hybridized carbons (Fsp3) is 0.538. The second-order valence-electron chi connectivity index (χ2n) is 4.38. The summed E-state index contributed by atoms with van der Waals surface area (Å²) in [5.74, 6) is 0.863. The van der Waals surface area contributed by atoms with Gasteiger partial charge in [0.05, 0.1) is 7.11 Å². The summed E-state index contributed by atoms with van der Waals surface area (Å²) in [6.07, 6.45) is 3.58. The van der Waals surface area contributed by atoms with Crippen molar-refractivity contribution in [2.45, 2.75) is 25.3 Å². The molecule has 88 valence electrons. The number of methoxy groups -OCH3 is 1. The molecular weight excluding hydrogens is 205 g/mol. The molecule has 1 atom stereocenters. The number of benzene rings is 1. The molecule has 3 heteroatoms. The van der Waals surface area contributed by atoms with E-state index in [1.165, 1.54) is 20.0 Å². The van der Waals surface area contributed by atoms with Gasteiger partial charge < -0.3 is 10.1 Å². The molecule has 1 unspecified atom stereocenters. The number of hydrogen-bond donors (Lipinski definition) is 1. The lowest BCUT2D eigenvalue weighted by molar-refractivity contribution is 0.378. The summed E-state index contributed by atoms with van der Waals surface area (Å²) < 4.78 is 19.0. The lowest BCUT2D eigenvalue weighted by Crippen LogP contribution is -2.18. The molecule has 2 rings (SSSR count). The molecule has 0 spiro atoms. The number of rotatable bonds is 5. The van der Waals surface area contributed by atoms with E-state index in [2.05, 4.69) is 5.32 Å². The van der Waals surface area contributed by atoms with Gasteiger partial charge in [-0.15, -0.1) is 0 Å². The van der Waals surface area contributed by atoms with E-state index in [1.54, 1.807) is 6.07 Å². The zero-order valence-electron chi connectivity index (χ0n) is 9.79. The summed E-state index contributed by atoms with van der Waals surface area (Å²) in [4.78, 5) is 0. The van der Waals surface area contributed by atoms with Crippen LogP contribution in [0.2, 0.25) is 0 Å². The Morgan fingerprint density at radius 2 is 2.25 bits per heavy atom. The van der Waals surface area contributed by atoms with Crippen molar-refractivity contribution in [2.24, 2.45) is 5.92 Å². The molecule has 0 saturated heterocycles. The van der Waals surface area contributed by atoms with Crippen LogP contribution in [-0.4, -0.2) is 14.2 Å². The standard InChI is InChI=1S/C13H18FNO/c1-15-11(8-9-6-7-9)10-4-3-5-12(16-2)13(10)14/h3-5,9,11,15H,6-8H2,1-2H3. The van der Waals surface area contributed by atoms with Gasteiger partial charge in [0.25, 0.3) is 0 Å². The molecule has 1 saturated carbocycles. The van der Waals surface area contributed by atoms with Crippen molar-refractivity contribution >= 4 is 0 Å². The largest absolute Gasteiger partial charge is 0.494 e. The summed E-state index contributed by atoms with van der Waals surface area (Å²) in [5, 5.41) is 3.19. The highest BCUT2D eigenvalue weighted by molar-refractivity contribution is 5.33. The van der Waals surface area contributed by atoms with E-state index >= 15 is 0 Å². The number of hydrogen-bond acceptors (Lipinski definition) is 2. The Labute approximate surface area is 95.8 Å². The number of ether oxygens (including phenoxy) is 1. The lowest BCUT2D eigenvalue weighted by atomic mass is 10.0. The van der Waals surface area contributed by atoms with Crippen LogP contribution in [-0.2, 0) is 0 Å². The van der Waals surface area contributed by atoms with Crippen molar-refractivity contribution in [3.8, 4) is 5.75 Å². The Balaban J connectivity index is 2.21.